The number of rotatable bonds is 0. The molecule has 0 radical (unpaired) electrons. The molecule has 13 heavy (non-hydrogen) atoms. The van der Waals surface area contributed by atoms with E-state index < -0.39 is 0 Å². The van der Waals surface area contributed by atoms with Crippen molar-refractivity contribution >= 4 is 33.5 Å². The van der Waals surface area contributed by atoms with E-state index in [0.717, 1.165) is 5.52 Å². The average molecular weight is 283 g/mol. The van der Waals surface area contributed by atoms with Crippen LogP contribution in [0.5, 0.6) is 0 Å². The molecule has 66 valence electrons. The maximum absolute atomic E-state index is 4.40. The molecular formula is C11H10IN. The molecule has 0 N–H and O–H groups in total. The Bertz CT molecular complexity index is 463. The van der Waals surface area contributed by atoms with Gasteiger partial charge in [0.05, 0.1) is 5.52 Å². The highest BCUT2D eigenvalue weighted by Gasteiger charge is 2.00. The van der Waals surface area contributed by atoms with E-state index in [9.17, 15) is 0 Å². The highest BCUT2D eigenvalue weighted by molar-refractivity contribution is 14.1. The topological polar surface area (TPSA) is 12.9 Å². The number of aryl methyl sites for hydroxylation is 2. The molecule has 2 aromatic rings. The van der Waals surface area contributed by atoms with Gasteiger partial charge in [0.25, 0.3) is 0 Å². The minimum absolute atomic E-state index is 1.09. The third-order valence-electron chi connectivity index (χ3n) is 2.35. The summed E-state index contributed by atoms with van der Waals surface area (Å²) in [6, 6.07) is 6.38. The van der Waals surface area contributed by atoms with Crippen LogP contribution in [0.25, 0.3) is 10.9 Å². The van der Waals surface area contributed by atoms with E-state index in [0.29, 0.717) is 0 Å². The molecular weight excluding hydrogens is 273 g/mol. The molecule has 0 unspecified atom stereocenters. The lowest BCUT2D eigenvalue weighted by Gasteiger charge is -2.04. The normalized spacial score (nSPS) is 10.7. The maximum Gasteiger partial charge on any atom is 0.0715 e. The van der Waals surface area contributed by atoms with Gasteiger partial charge < -0.3 is 0 Å². The molecule has 0 fully saturated rings. The van der Waals surface area contributed by atoms with Crippen molar-refractivity contribution in [2.75, 3.05) is 0 Å². The van der Waals surface area contributed by atoms with Crippen molar-refractivity contribution in [3.63, 3.8) is 0 Å². The van der Waals surface area contributed by atoms with Crippen molar-refractivity contribution in [2.45, 2.75) is 13.8 Å². The molecule has 1 nitrogen and oxygen atoms in total. The number of hydrogen-bond donors (Lipinski definition) is 0. The molecule has 0 aliphatic carbocycles. The zero-order valence-electron chi connectivity index (χ0n) is 7.63. The minimum atomic E-state index is 1.09. The largest absolute Gasteiger partial charge is 0.256 e. The first-order valence-corrected chi connectivity index (χ1v) is 5.28. The Morgan fingerprint density at radius 1 is 1.23 bits per heavy atom. The second-order valence-corrected chi connectivity index (χ2v) is 4.47. The van der Waals surface area contributed by atoms with Crippen LogP contribution >= 0.6 is 22.6 Å². The standard InChI is InChI=1S/C11H10IN/c1-7-6-13-11-5-9(12)3-4-10(11)8(7)2/h3-6H,1-2H3. The van der Waals surface area contributed by atoms with Gasteiger partial charge in [-0.05, 0) is 59.7 Å². The fourth-order valence-electron chi connectivity index (χ4n) is 1.40. The van der Waals surface area contributed by atoms with Gasteiger partial charge in [0.2, 0.25) is 0 Å². The summed E-state index contributed by atoms with van der Waals surface area (Å²) < 4.78 is 1.24. The number of aromatic nitrogens is 1. The second kappa shape index (κ2) is 3.25. The summed E-state index contributed by atoms with van der Waals surface area (Å²) in [7, 11) is 0. The number of pyridine rings is 1. The van der Waals surface area contributed by atoms with Crippen molar-refractivity contribution < 1.29 is 0 Å². The van der Waals surface area contributed by atoms with Crippen LogP contribution in [0.3, 0.4) is 0 Å². The molecule has 1 heterocycles. The van der Waals surface area contributed by atoms with Gasteiger partial charge in [-0.3, -0.25) is 4.98 Å². The van der Waals surface area contributed by atoms with Crippen LogP contribution in [0.2, 0.25) is 0 Å². The van der Waals surface area contributed by atoms with Crippen molar-refractivity contribution in [2.24, 2.45) is 0 Å². The summed E-state index contributed by atoms with van der Waals surface area (Å²) in [4.78, 5) is 4.40. The van der Waals surface area contributed by atoms with Gasteiger partial charge in [0, 0.05) is 15.2 Å². The van der Waals surface area contributed by atoms with Crippen LogP contribution in [0.1, 0.15) is 11.1 Å². The molecule has 0 spiro atoms. The van der Waals surface area contributed by atoms with Crippen molar-refractivity contribution in [1.29, 1.82) is 0 Å². The van der Waals surface area contributed by atoms with Gasteiger partial charge in [-0.1, -0.05) is 6.07 Å². The van der Waals surface area contributed by atoms with Crippen LogP contribution in [0, 0.1) is 17.4 Å². The molecule has 2 heteroatoms. The zero-order valence-corrected chi connectivity index (χ0v) is 9.79. The number of nitrogens with zero attached hydrogens (tertiary/aromatic N) is 1. The Balaban J connectivity index is 2.87. The summed E-state index contributed by atoms with van der Waals surface area (Å²) in [5.41, 5.74) is 3.69. The summed E-state index contributed by atoms with van der Waals surface area (Å²) in [5, 5.41) is 1.26. The Kier molecular flexibility index (Phi) is 2.24. The van der Waals surface area contributed by atoms with Gasteiger partial charge in [-0.15, -0.1) is 0 Å². The number of fused-ring (bicyclic) bond motifs is 1. The monoisotopic (exact) mass is 283 g/mol. The van der Waals surface area contributed by atoms with Gasteiger partial charge in [-0.2, -0.15) is 0 Å². The molecule has 0 aliphatic rings. The average Bonchev–Trinajstić information content (AvgIpc) is 2.12. The highest BCUT2D eigenvalue weighted by atomic mass is 127. The van der Waals surface area contributed by atoms with Crippen LogP contribution in [-0.2, 0) is 0 Å². The van der Waals surface area contributed by atoms with Crippen molar-refractivity contribution in [1.82, 2.24) is 4.98 Å². The third-order valence-corrected chi connectivity index (χ3v) is 3.02. The van der Waals surface area contributed by atoms with E-state index >= 15 is 0 Å². The smallest absolute Gasteiger partial charge is 0.0715 e. The van der Waals surface area contributed by atoms with E-state index in [2.05, 4.69) is 59.6 Å². The van der Waals surface area contributed by atoms with E-state index in [1.54, 1.807) is 0 Å². The zero-order chi connectivity index (χ0) is 9.42. The first-order valence-electron chi connectivity index (χ1n) is 4.20. The Morgan fingerprint density at radius 2 is 2.00 bits per heavy atom. The Hall–Kier alpha value is -0.640. The van der Waals surface area contributed by atoms with E-state index in [4.69, 9.17) is 0 Å². The number of hydrogen-bond acceptors (Lipinski definition) is 1. The van der Waals surface area contributed by atoms with Crippen LogP contribution in [0.15, 0.2) is 24.4 Å². The molecule has 0 saturated carbocycles. The van der Waals surface area contributed by atoms with Crippen molar-refractivity contribution in [3.05, 3.63) is 39.1 Å². The second-order valence-electron chi connectivity index (χ2n) is 3.23. The highest BCUT2D eigenvalue weighted by Crippen LogP contribution is 2.20. The number of halogens is 1. The quantitative estimate of drug-likeness (QED) is 0.675. The first kappa shape index (κ1) is 8.94. The van der Waals surface area contributed by atoms with Crippen LogP contribution in [0.4, 0.5) is 0 Å². The van der Waals surface area contributed by atoms with Crippen LogP contribution in [-0.4, -0.2) is 4.98 Å². The summed E-state index contributed by atoms with van der Waals surface area (Å²) in [6.45, 7) is 4.24. The predicted octanol–water partition coefficient (Wildman–Crippen LogP) is 3.46. The van der Waals surface area contributed by atoms with Gasteiger partial charge >= 0.3 is 0 Å². The molecule has 0 atom stereocenters. The predicted molar refractivity (Wildman–Crippen MR) is 63.9 cm³/mol. The lowest BCUT2D eigenvalue weighted by molar-refractivity contribution is 1.28. The molecule has 0 amide bonds. The molecule has 1 aromatic heterocycles. The lowest BCUT2D eigenvalue weighted by Crippen LogP contribution is -1.87. The van der Waals surface area contributed by atoms with E-state index in [1.807, 2.05) is 6.20 Å². The summed E-state index contributed by atoms with van der Waals surface area (Å²) in [6.07, 6.45) is 1.94. The first-order chi connectivity index (χ1) is 6.18. The Morgan fingerprint density at radius 3 is 2.77 bits per heavy atom. The minimum Gasteiger partial charge on any atom is -0.256 e. The lowest BCUT2D eigenvalue weighted by atomic mass is 10.1. The van der Waals surface area contributed by atoms with Gasteiger partial charge in [0.1, 0.15) is 0 Å². The fraction of sp³-hybridized carbons (Fsp3) is 0.182. The van der Waals surface area contributed by atoms with Gasteiger partial charge in [-0.25, -0.2) is 0 Å². The molecule has 0 aliphatic heterocycles. The van der Waals surface area contributed by atoms with Crippen LogP contribution < -0.4 is 0 Å². The van der Waals surface area contributed by atoms with Gasteiger partial charge in [0.15, 0.2) is 0 Å². The maximum atomic E-state index is 4.40. The molecule has 0 bridgehead atoms. The third kappa shape index (κ3) is 1.55. The van der Waals surface area contributed by atoms with Crippen molar-refractivity contribution in [3.8, 4) is 0 Å². The number of benzene rings is 1. The SMILES string of the molecule is Cc1cnc2cc(I)ccc2c1C. The molecule has 0 saturated heterocycles. The van der Waals surface area contributed by atoms with E-state index in [1.165, 1.54) is 20.1 Å². The molecule has 2 rings (SSSR count). The molecule has 1 aromatic carbocycles. The van der Waals surface area contributed by atoms with E-state index in [-0.39, 0.29) is 0 Å². The summed E-state index contributed by atoms with van der Waals surface area (Å²) >= 11 is 2.31. The Labute approximate surface area is 91.3 Å². The summed E-state index contributed by atoms with van der Waals surface area (Å²) in [5.74, 6) is 0. The fourth-order valence-corrected chi connectivity index (χ4v) is 1.88.